The van der Waals surface area contributed by atoms with E-state index in [-0.39, 0.29) is 17.0 Å². The Labute approximate surface area is 170 Å². The van der Waals surface area contributed by atoms with Crippen LogP contribution in [-0.4, -0.2) is 41.5 Å². The highest BCUT2D eigenvalue weighted by Gasteiger charge is 2.21. The minimum Gasteiger partial charge on any atom is -0.330 e. The number of hydrogen-bond donors (Lipinski definition) is 2. The molecule has 9 heteroatoms. The van der Waals surface area contributed by atoms with Gasteiger partial charge in [0.1, 0.15) is 6.33 Å². The standard InChI is InChI=1S/C20H25N5O3S/c1-4-24(5-2)29(27,28)17-12-10-16(11-13-17)15(3)22-20(26)23-25-14-21-18-8-6-7-9-19(18)25/h6-15H,4-5H2,1-3H3,(H2,22,23,26). The summed E-state index contributed by atoms with van der Waals surface area (Å²) in [5.41, 5.74) is 5.11. The normalized spacial score (nSPS) is 12.8. The summed E-state index contributed by atoms with van der Waals surface area (Å²) in [7, 11) is -3.50. The van der Waals surface area contributed by atoms with Gasteiger partial charge in [-0.15, -0.1) is 0 Å². The summed E-state index contributed by atoms with van der Waals surface area (Å²) in [5, 5.41) is 2.84. The molecule has 0 saturated heterocycles. The number of nitrogens with one attached hydrogen (secondary N) is 2. The first-order valence-corrected chi connectivity index (χ1v) is 10.9. The van der Waals surface area contributed by atoms with Crippen molar-refractivity contribution < 1.29 is 13.2 Å². The summed E-state index contributed by atoms with van der Waals surface area (Å²) in [6, 6.07) is 13.4. The molecule has 0 fully saturated rings. The maximum Gasteiger partial charge on any atom is 0.334 e. The number of aromatic nitrogens is 2. The van der Waals surface area contributed by atoms with Crippen molar-refractivity contribution in [3.05, 3.63) is 60.4 Å². The molecule has 1 atom stereocenters. The van der Waals surface area contributed by atoms with E-state index in [9.17, 15) is 13.2 Å². The first-order valence-electron chi connectivity index (χ1n) is 9.46. The highest BCUT2D eigenvalue weighted by molar-refractivity contribution is 7.89. The van der Waals surface area contributed by atoms with E-state index in [2.05, 4.69) is 15.7 Å². The lowest BCUT2D eigenvalue weighted by atomic mass is 10.1. The average molecular weight is 416 g/mol. The number of amides is 2. The Balaban J connectivity index is 1.67. The number of rotatable bonds is 7. The number of carbonyl (C=O) groups is 1. The van der Waals surface area contributed by atoms with Gasteiger partial charge < -0.3 is 5.32 Å². The zero-order chi connectivity index (χ0) is 21.0. The van der Waals surface area contributed by atoms with E-state index in [1.807, 2.05) is 45.0 Å². The Kier molecular flexibility index (Phi) is 6.19. The first kappa shape index (κ1) is 20.8. The van der Waals surface area contributed by atoms with Crippen molar-refractivity contribution in [3.8, 4) is 0 Å². The van der Waals surface area contributed by atoms with Gasteiger partial charge in [0.05, 0.1) is 22.0 Å². The van der Waals surface area contributed by atoms with Crippen LogP contribution in [0, 0.1) is 0 Å². The molecule has 0 aliphatic carbocycles. The van der Waals surface area contributed by atoms with Crippen LogP contribution in [0.15, 0.2) is 59.8 Å². The molecule has 0 bridgehead atoms. The Morgan fingerprint density at radius 2 is 1.76 bits per heavy atom. The van der Waals surface area contributed by atoms with E-state index < -0.39 is 10.0 Å². The van der Waals surface area contributed by atoms with E-state index in [4.69, 9.17) is 0 Å². The summed E-state index contributed by atoms with van der Waals surface area (Å²) in [5.74, 6) is 0. The monoisotopic (exact) mass is 415 g/mol. The highest BCUT2D eigenvalue weighted by atomic mass is 32.2. The maximum atomic E-state index is 12.6. The van der Waals surface area contributed by atoms with Gasteiger partial charge in [-0.3, -0.25) is 0 Å². The molecule has 2 amide bonds. The maximum absolute atomic E-state index is 12.6. The zero-order valence-electron chi connectivity index (χ0n) is 16.7. The SMILES string of the molecule is CCN(CC)S(=O)(=O)c1ccc(C(C)NC(=O)Nn2cnc3ccccc32)cc1. The van der Waals surface area contributed by atoms with Gasteiger partial charge in [0.2, 0.25) is 10.0 Å². The fourth-order valence-electron chi connectivity index (χ4n) is 3.11. The van der Waals surface area contributed by atoms with Crippen molar-refractivity contribution >= 4 is 27.1 Å². The van der Waals surface area contributed by atoms with E-state index in [0.29, 0.717) is 13.1 Å². The van der Waals surface area contributed by atoms with Crippen LogP contribution < -0.4 is 10.7 Å². The molecule has 0 saturated carbocycles. The molecule has 0 spiro atoms. The van der Waals surface area contributed by atoms with Crippen LogP contribution in [0.5, 0.6) is 0 Å². The number of para-hydroxylation sites is 2. The molecule has 0 radical (unpaired) electrons. The molecule has 2 N–H and O–H groups in total. The van der Waals surface area contributed by atoms with Crippen LogP contribution in [-0.2, 0) is 10.0 Å². The van der Waals surface area contributed by atoms with Crippen LogP contribution >= 0.6 is 0 Å². The lowest BCUT2D eigenvalue weighted by molar-refractivity contribution is 0.247. The van der Waals surface area contributed by atoms with Crippen LogP contribution in [0.25, 0.3) is 11.0 Å². The molecule has 0 aliphatic heterocycles. The van der Waals surface area contributed by atoms with E-state index in [1.54, 1.807) is 35.3 Å². The Morgan fingerprint density at radius 3 is 2.41 bits per heavy atom. The van der Waals surface area contributed by atoms with Crippen molar-refractivity contribution in [1.82, 2.24) is 19.3 Å². The number of urea groups is 1. The van der Waals surface area contributed by atoms with Crippen molar-refractivity contribution in [3.63, 3.8) is 0 Å². The van der Waals surface area contributed by atoms with E-state index in [1.165, 1.54) is 4.31 Å². The van der Waals surface area contributed by atoms with Gasteiger partial charge in [0, 0.05) is 13.1 Å². The first-order chi connectivity index (χ1) is 13.9. The molecular weight excluding hydrogens is 390 g/mol. The summed E-state index contributed by atoms with van der Waals surface area (Å²) in [4.78, 5) is 16.8. The second-order valence-corrected chi connectivity index (χ2v) is 8.51. The molecule has 0 aliphatic rings. The van der Waals surface area contributed by atoms with Crippen molar-refractivity contribution in [2.45, 2.75) is 31.7 Å². The molecule has 1 heterocycles. The van der Waals surface area contributed by atoms with Crippen LogP contribution in [0.2, 0.25) is 0 Å². The molecule has 154 valence electrons. The zero-order valence-corrected chi connectivity index (χ0v) is 17.5. The number of benzene rings is 2. The van der Waals surface area contributed by atoms with Crippen molar-refractivity contribution in [1.29, 1.82) is 0 Å². The molecule has 3 rings (SSSR count). The Bertz CT molecular complexity index is 1090. The average Bonchev–Trinajstić information content (AvgIpc) is 3.11. The summed E-state index contributed by atoms with van der Waals surface area (Å²) in [6.07, 6.45) is 1.54. The summed E-state index contributed by atoms with van der Waals surface area (Å²) < 4.78 is 28.1. The number of sulfonamides is 1. The smallest absolute Gasteiger partial charge is 0.330 e. The summed E-state index contributed by atoms with van der Waals surface area (Å²) in [6.45, 7) is 6.29. The van der Waals surface area contributed by atoms with Gasteiger partial charge in [-0.05, 0) is 36.8 Å². The van der Waals surface area contributed by atoms with Crippen LogP contribution in [0.4, 0.5) is 4.79 Å². The van der Waals surface area contributed by atoms with Gasteiger partial charge in [0.15, 0.2) is 0 Å². The van der Waals surface area contributed by atoms with Gasteiger partial charge in [-0.2, -0.15) is 4.31 Å². The lowest BCUT2D eigenvalue weighted by Gasteiger charge is -2.19. The molecule has 2 aromatic carbocycles. The van der Waals surface area contributed by atoms with Gasteiger partial charge in [-0.1, -0.05) is 38.1 Å². The van der Waals surface area contributed by atoms with E-state index >= 15 is 0 Å². The second kappa shape index (κ2) is 8.62. The number of imidazole rings is 1. The quantitative estimate of drug-likeness (QED) is 0.620. The van der Waals surface area contributed by atoms with Crippen LogP contribution in [0.1, 0.15) is 32.4 Å². The van der Waals surface area contributed by atoms with Crippen molar-refractivity contribution in [2.24, 2.45) is 0 Å². The topological polar surface area (TPSA) is 96.3 Å². The van der Waals surface area contributed by atoms with Gasteiger partial charge in [-0.25, -0.2) is 28.3 Å². The fraction of sp³-hybridized carbons (Fsp3) is 0.300. The lowest BCUT2D eigenvalue weighted by Crippen LogP contribution is -2.35. The van der Waals surface area contributed by atoms with Crippen LogP contribution in [0.3, 0.4) is 0 Å². The predicted molar refractivity (Wildman–Crippen MR) is 113 cm³/mol. The van der Waals surface area contributed by atoms with Gasteiger partial charge in [0.25, 0.3) is 0 Å². The molecule has 1 unspecified atom stereocenters. The molecule has 1 aromatic heterocycles. The molecule has 3 aromatic rings. The molecule has 8 nitrogen and oxygen atoms in total. The predicted octanol–water partition coefficient (Wildman–Crippen LogP) is 3.08. The molecular formula is C20H25N5O3S. The third kappa shape index (κ3) is 4.41. The Hall–Kier alpha value is -2.91. The molecule has 29 heavy (non-hydrogen) atoms. The number of carbonyl (C=O) groups excluding carboxylic acids is 1. The summed E-state index contributed by atoms with van der Waals surface area (Å²) >= 11 is 0. The van der Waals surface area contributed by atoms with E-state index in [0.717, 1.165) is 16.6 Å². The third-order valence-electron chi connectivity index (χ3n) is 4.75. The fourth-order valence-corrected chi connectivity index (χ4v) is 4.57. The number of hydrogen-bond acceptors (Lipinski definition) is 4. The minimum absolute atomic E-state index is 0.242. The Morgan fingerprint density at radius 1 is 1.10 bits per heavy atom. The second-order valence-electron chi connectivity index (χ2n) is 6.57. The largest absolute Gasteiger partial charge is 0.334 e. The number of nitrogens with zero attached hydrogens (tertiary/aromatic N) is 3. The highest BCUT2D eigenvalue weighted by Crippen LogP contribution is 2.19. The number of fused-ring (bicyclic) bond motifs is 1. The third-order valence-corrected chi connectivity index (χ3v) is 6.81. The van der Waals surface area contributed by atoms with Crippen molar-refractivity contribution in [2.75, 3.05) is 18.5 Å². The van der Waals surface area contributed by atoms with Gasteiger partial charge >= 0.3 is 6.03 Å². The minimum atomic E-state index is -3.50.